The fourth-order valence-electron chi connectivity index (χ4n) is 1.52. The highest BCUT2D eigenvalue weighted by Crippen LogP contribution is 2.17. The number of hydrogen-bond acceptors (Lipinski definition) is 5. The van der Waals surface area contributed by atoms with E-state index < -0.39 is 0 Å². The van der Waals surface area contributed by atoms with Crippen LogP contribution < -0.4 is 0 Å². The number of esters is 2. The first-order valence-corrected chi connectivity index (χ1v) is 5.92. The number of rotatable bonds is 8. The van der Waals surface area contributed by atoms with E-state index in [0.717, 1.165) is 0 Å². The summed E-state index contributed by atoms with van der Waals surface area (Å²) >= 11 is 0. The summed E-state index contributed by atoms with van der Waals surface area (Å²) in [7, 11) is 1.35. The summed E-state index contributed by atoms with van der Waals surface area (Å²) in [5.41, 5.74) is 0. The second-order valence-corrected chi connectivity index (χ2v) is 4.00. The molecule has 0 fully saturated rings. The van der Waals surface area contributed by atoms with Gasteiger partial charge in [-0.25, -0.2) is 0 Å². The van der Waals surface area contributed by atoms with E-state index in [0.29, 0.717) is 19.3 Å². The molecule has 0 saturated carbocycles. The highest BCUT2D eigenvalue weighted by molar-refractivity contribution is 5.73. The van der Waals surface area contributed by atoms with Gasteiger partial charge in [0, 0.05) is 0 Å². The molecule has 1 N–H and O–H groups in total. The third-order valence-electron chi connectivity index (χ3n) is 2.71. The molecule has 2 unspecified atom stereocenters. The first kappa shape index (κ1) is 15.9. The Kier molecular flexibility index (Phi) is 8.40. The molecular weight excluding hydrogens is 224 g/mol. The molecule has 0 rings (SSSR count). The summed E-state index contributed by atoms with van der Waals surface area (Å²) < 4.78 is 9.47. The fraction of sp³-hybridized carbons (Fsp3) is 0.833. The standard InChI is InChI=1S/C12H22O5/c1-4-10(12(15)17-8-7-13)6-5-9(2)11(14)16-3/h9-10,13H,4-8H2,1-3H3. The topological polar surface area (TPSA) is 72.8 Å². The molecule has 2 atom stereocenters. The van der Waals surface area contributed by atoms with Crippen molar-refractivity contribution in [1.82, 2.24) is 0 Å². The van der Waals surface area contributed by atoms with Crippen molar-refractivity contribution < 1.29 is 24.2 Å². The molecule has 0 saturated heterocycles. The van der Waals surface area contributed by atoms with Crippen molar-refractivity contribution in [3.8, 4) is 0 Å². The Hall–Kier alpha value is -1.10. The minimum Gasteiger partial charge on any atom is -0.469 e. The molecule has 0 aliphatic rings. The molecule has 0 spiro atoms. The number of aliphatic hydroxyl groups excluding tert-OH is 1. The Bertz CT molecular complexity index is 239. The highest BCUT2D eigenvalue weighted by atomic mass is 16.5. The van der Waals surface area contributed by atoms with E-state index in [2.05, 4.69) is 4.74 Å². The first-order chi connectivity index (χ1) is 8.06. The smallest absolute Gasteiger partial charge is 0.308 e. The summed E-state index contributed by atoms with van der Waals surface area (Å²) in [6, 6.07) is 0. The summed E-state index contributed by atoms with van der Waals surface area (Å²) in [6.45, 7) is 3.54. The van der Waals surface area contributed by atoms with Crippen LogP contribution in [-0.4, -0.2) is 37.4 Å². The van der Waals surface area contributed by atoms with Crippen LogP contribution in [0.5, 0.6) is 0 Å². The summed E-state index contributed by atoms with van der Waals surface area (Å²) in [4.78, 5) is 22.7. The monoisotopic (exact) mass is 246 g/mol. The maximum atomic E-state index is 11.5. The molecule has 0 bridgehead atoms. The molecule has 0 radical (unpaired) electrons. The third-order valence-corrected chi connectivity index (χ3v) is 2.71. The predicted octanol–water partition coefficient (Wildman–Crippen LogP) is 1.14. The van der Waals surface area contributed by atoms with Gasteiger partial charge in [-0.05, 0) is 19.3 Å². The number of carbonyl (C=O) groups is 2. The normalized spacial score (nSPS) is 13.9. The van der Waals surface area contributed by atoms with Crippen LogP contribution in [0.15, 0.2) is 0 Å². The van der Waals surface area contributed by atoms with Gasteiger partial charge >= 0.3 is 11.9 Å². The second kappa shape index (κ2) is 8.98. The van der Waals surface area contributed by atoms with Crippen LogP contribution in [0.4, 0.5) is 0 Å². The van der Waals surface area contributed by atoms with E-state index in [9.17, 15) is 9.59 Å². The lowest BCUT2D eigenvalue weighted by Gasteiger charge is -2.15. The Morgan fingerprint density at radius 2 is 1.88 bits per heavy atom. The molecule has 0 aliphatic carbocycles. The van der Waals surface area contributed by atoms with E-state index >= 15 is 0 Å². The van der Waals surface area contributed by atoms with E-state index in [1.807, 2.05) is 6.92 Å². The van der Waals surface area contributed by atoms with Crippen LogP contribution in [0, 0.1) is 11.8 Å². The van der Waals surface area contributed by atoms with E-state index in [1.165, 1.54) is 7.11 Å². The Labute approximate surface area is 102 Å². The van der Waals surface area contributed by atoms with E-state index in [-0.39, 0.29) is 37.0 Å². The van der Waals surface area contributed by atoms with Gasteiger partial charge in [0.1, 0.15) is 6.61 Å². The molecule has 5 heteroatoms. The van der Waals surface area contributed by atoms with Gasteiger partial charge in [-0.3, -0.25) is 9.59 Å². The average Bonchev–Trinajstić information content (AvgIpc) is 2.35. The van der Waals surface area contributed by atoms with E-state index in [4.69, 9.17) is 9.84 Å². The van der Waals surface area contributed by atoms with Gasteiger partial charge in [0.05, 0.1) is 25.6 Å². The lowest BCUT2D eigenvalue weighted by Crippen LogP contribution is -2.21. The Morgan fingerprint density at radius 1 is 1.24 bits per heavy atom. The maximum Gasteiger partial charge on any atom is 0.308 e. The lowest BCUT2D eigenvalue weighted by molar-refractivity contribution is -0.151. The van der Waals surface area contributed by atoms with Gasteiger partial charge < -0.3 is 14.6 Å². The van der Waals surface area contributed by atoms with Crippen LogP contribution in [0.25, 0.3) is 0 Å². The molecule has 17 heavy (non-hydrogen) atoms. The Balaban J connectivity index is 4.04. The zero-order valence-corrected chi connectivity index (χ0v) is 10.8. The summed E-state index contributed by atoms with van der Waals surface area (Å²) in [5.74, 6) is -0.990. The van der Waals surface area contributed by atoms with Crippen LogP contribution >= 0.6 is 0 Å². The molecule has 100 valence electrons. The molecule has 0 aromatic heterocycles. The highest BCUT2D eigenvalue weighted by Gasteiger charge is 2.21. The molecule has 0 amide bonds. The van der Waals surface area contributed by atoms with Crippen molar-refractivity contribution in [3.05, 3.63) is 0 Å². The van der Waals surface area contributed by atoms with Crippen LogP contribution in [-0.2, 0) is 19.1 Å². The number of carbonyl (C=O) groups excluding carboxylic acids is 2. The van der Waals surface area contributed by atoms with Gasteiger partial charge in [0.15, 0.2) is 0 Å². The van der Waals surface area contributed by atoms with Gasteiger partial charge in [-0.1, -0.05) is 13.8 Å². The van der Waals surface area contributed by atoms with Gasteiger partial charge in [-0.2, -0.15) is 0 Å². The van der Waals surface area contributed by atoms with Crippen molar-refractivity contribution in [1.29, 1.82) is 0 Å². The van der Waals surface area contributed by atoms with Gasteiger partial charge in [0.25, 0.3) is 0 Å². The molecule has 0 heterocycles. The molecule has 0 aromatic rings. The third kappa shape index (κ3) is 6.26. The van der Waals surface area contributed by atoms with Crippen LogP contribution in [0.2, 0.25) is 0 Å². The van der Waals surface area contributed by atoms with Crippen molar-refractivity contribution in [3.63, 3.8) is 0 Å². The average molecular weight is 246 g/mol. The molecule has 0 aromatic carbocycles. The van der Waals surface area contributed by atoms with Gasteiger partial charge in [0.2, 0.25) is 0 Å². The molecule has 0 aliphatic heterocycles. The zero-order valence-electron chi connectivity index (χ0n) is 10.8. The lowest BCUT2D eigenvalue weighted by atomic mass is 9.95. The fourth-order valence-corrected chi connectivity index (χ4v) is 1.52. The minimum atomic E-state index is -0.307. The number of aliphatic hydroxyl groups is 1. The number of ether oxygens (including phenoxy) is 2. The molecule has 5 nitrogen and oxygen atoms in total. The first-order valence-electron chi connectivity index (χ1n) is 5.92. The zero-order chi connectivity index (χ0) is 13.3. The van der Waals surface area contributed by atoms with Crippen molar-refractivity contribution in [2.75, 3.05) is 20.3 Å². The maximum absolute atomic E-state index is 11.5. The molecular formula is C12H22O5. The van der Waals surface area contributed by atoms with Crippen molar-refractivity contribution in [2.24, 2.45) is 11.8 Å². The van der Waals surface area contributed by atoms with Crippen LogP contribution in [0.3, 0.4) is 0 Å². The Morgan fingerprint density at radius 3 is 2.35 bits per heavy atom. The number of methoxy groups -OCH3 is 1. The van der Waals surface area contributed by atoms with Crippen LogP contribution in [0.1, 0.15) is 33.1 Å². The minimum absolute atomic E-state index is 0.0297. The quantitative estimate of drug-likeness (QED) is 0.650. The van der Waals surface area contributed by atoms with Crippen molar-refractivity contribution in [2.45, 2.75) is 33.1 Å². The van der Waals surface area contributed by atoms with Gasteiger partial charge in [-0.15, -0.1) is 0 Å². The number of hydrogen-bond donors (Lipinski definition) is 1. The SMILES string of the molecule is CCC(CCC(C)C(=O)OC)C(=O)OCCO. The van der Waals surface area contributed by atoms with E-state index in [1.54, 1.807) is 6.92 Å². The van der Waals surface area contributed by atoms with Crippen molar-refractivity contribution >= 4 is 11.9 Å². The summed E-state index contributed by atoms with van der Waals surface area (Å²) in [6.07, 6.45) is 1.86. The summed E-state index contributed by atoms with van der Waals surface area (Å²) in [5, 5.41) is 8.55. The second-order valence-electron chi connectivity index (χ2n) is 4.00. The largest absolute Gasteiger partial charge is 0.469 e. The predicted molar refractivity (Wildman–Crippen MR) is 62.2 cm³/mol.